The van der Waals surface area contributed by atoms with Crippen LogP contribution in [-0.2, 0) is 9.59 Å². The molecule has 0 radical (unpaired) electrons. The van der Waals surface area contributed by atoms with E-state index in [-0.39, 0.29) is 29.6 Å². The Balaban J connectivity index is 1.53. The molecule has 2 amide bonds. The number of carbonyl (C=O) groups excluding carboxylic acids is 2. The van der Waals surface area contributed by atoms with Crippen LogP contribution in [-0.4, -0.2) is 47.8 Å². The van der Waals surface area contributed by atoms with Gasteiger partial charge in [0.2, 0.25) is 11.8 Å². The Morgan fingerprint density at radius 1 is 1.09 bits per heavy atom. The molecule has 0 bridgehead atoms. The van der Waals surface area contributed by atoms with Crippen LogP contribution in [0.1, 0.15) is 30.9 Å². The molecule has 0 aliphatic carbocycles. The number of rotatable bonds is 4. The summed E-state index contributed by atoms with van der Waals surface area (Å²) < 4.78 is 13.0. The normalized spacial score (nSPS) is 22.7. The lowest BCUT2D eigenvalue weighted by atomic mass is 9.94. The topological polar surface area (TPSA) is 66.6 Å². The maximum absolute atomic E-state index is 13.0. The van der Waals surface area contributed by atoms with E-state index >= 15 is 0 Å². The lowest BCUT2D eigenvalue weighted by Gasteiger charge is -2.42. The Labute approximate surface area is 135 Å². The van der Waals surface area contributed by atoms with E-state index in [0.717, 1.165) is 44.5 Å². The van der Waals surface area contributed by atoms with Gasteiger partial charge in [-0.05, 0) is 50.0 Å². The second-order valence-electron chi connectivity index (χ2n) is 6.40. The minimum Gasteiger partial charge on any atom is -0.369 e. The summed E-state index contributed by atoms with van der Waals surface area (Å²) in [5.41, 5.74) is 6.31. The van der Waals surface area contributed by atoms with Gasteiger partial charge in [0, 0.05) is 12.5 Å². The number of hydrogen-bond acceptors (Lipinski definition) is 3. The second-order valence-corrected chi connectivity index (χ2v) is 6.40. The first-order chi connectivity index (χ1) is 11.0. The summed E-state index contributed by atoms with van der Waals surface area (Å²) in [5, 5.41) is 0. The minimum absolute atomic E-state index is 0.0580. The Hall–Kier alpha value is -1.95. The van der Waals surface area contributed by atoms with Crippen LogP contribution in [0.3, 0.4) is 0 Å². The van der Waals surface area contributed by atoms with E-state index in [0.29, 0.717) is 6.54 Å². The van der Waals surface area contributed by atoms with E-state index in [2.05, 4.69) is 4.90 Å². The number of piperidine rings is 1. The molecular weight excluding hydrogens is 297 g/mol. The molecule has 2 fully saturated rings. The molecule has 0 saturated carbocycles. The number of nitrogens with two attached hydrogens (primary N) is 1. The van der Waals surface area contributed by atoms with Crippen LogP contribution in [0, 0.1) is 11.7 Å². The fourth-order valence-electron chi connectivity index (χ4n) is 3.38. The number of carbonyl (C=O) groups is 2. The number of primary amides is 1. The van der Waals surface area contributed by atoms with Crippen molar-refractivity contribution in [1.29, 1.82) is 0 Å². The van der Waals surface area contributed by atoms with E-state index < -0.39 is 0 Å². The third-order valence-corrected chi connectivity index (χ3v) is 4.94. The van der Waals surface area contributed by atoms with Crippen LogP contribution in [0.5, 0.6) is 0 Å². The molecule has 2 saturated heterocycles. The van der Waals surface area contributed by atoms with Crippen molar-refractivity contribution in [1.82, 2.24) is 9.80 Å². The minimum atomic E-state index is -0.261. The zero-order valence-electron chi connectivity index (χ0n) is 13.1. The highest BCUT2D eigenvalue weighted by Crippen LogP contribution is 2.33. The van der Waals surface area contributed by atoms with E-state index in [9.17, 15) is 14.0 Å². The molecular formula is C17H22FN3O2. The third-order valence-electron chi connectivity index (χ3n) is 4.94. The van der Waals surface area contributed by atoms with Crippen molar-refractivity contribution in [3.05, 3.63) is 35.6 Å². The second kappa shape index (κ2) is 6.66. The average Bonchev–Trinajstić information content (AvgIpc) is 2.49. The van der Waals surface area contributed by atoms with Gasteiger partial charge in [0.05, 0.1) is 12.6 Å². The summed E-state index contributed by atoms with van der Waals surface area (Å²) in [6.45, 7) is 2.59. The number of halogens is 1. The molecule has 6 heteroatoms. The molecule has 5 nitrogen and oxygen atoms in total. The van der Waals surface area contributed by atoms with Crippen LogP contribution < -0.4 is 5.73 Å². The van der Waals surface area contributed by atoms with Crippen molar-refractivity contribution in [2.45, 2.75) is 25.3 Å². The van der Waals surface area contributed by atoms with Crippen molar-refractivity contribution >= 4 is 11.8 Å². The number of hydrogen-bond donors (Lipinski definition) is 1. The smallest absolute Gasteiger partial charge is 0.237 e. The SMILES string of the molecule is NC(=O)C1CCN(CC(=O)N2CC[C@H]2c2ccc(F)cc2)CC1. The average molecular weight is 319 g/mol. The Bertz CT molecular complexity index is 582. The first-order valence-electron chi connectivity index (χ1n) is 8.11. The van der Waals surface area contributed by atoms with Crippen molar-refractivity contribution < 1.29 is 14.0 Å². The number of nitrogens with zero attached hydrogens (tertiary/aromatic N) is 2. The van der Waals surface area contributed by atoms with E-state index in [1.807, 2.05) is 4.90 Å². The number of benzene rings is 1. The van der Waals surface area contributed by atoms with Gasteiger partial charge in [-0.1, -0.05) is 12.1 Å². The lowest BCUT2D eigenvalue weighted by Crippen LogP contribution is -2.50. The van der Waals surface area contributed by atoms with Crippen molar-refractivity contribution in [2.24, 2.45) is 11.7 Å². The van der Waals surface area contributed by atoms with Crippen molar-refractivity contribution in [2.75, 3.05) is 26.2 Å². The molecule has 2 heterocycles. The zero-order chi connectivity index (χ0) is 16.4. The van der Waals surface area contributed by atoms with Crippen LogP contribution in [0.4, 0.5) is 4.39 Å². The van der Waals surface area contributed by atoms with Gasteiger partial charge in [0.1, 0.15) is 5.82 Å². The first kappa shape index (κ1) is 15.9. The van der Waals surface area contributed by atoms with E-state index in [1.54, 1.807) is 12.1 Å². The van der Waals surface area contributed by atoms with Gasteiger partial charge >= 0.3 is 0 Å². The van der Waals surface area contributed by atoms with E-state index in [4.69, 9.17) is 5.73 Å². The summed E-state index contributed by atoms with van der Waals surface area (Å²) in [7, 11) is 0. The fourth-order valence-corrected chi connectivity index (χ4v) is 3.38. The first-order valence-corrected chi connectivity index (χ1v) is 8.11. The Morgan fingerprint density at radius 2 is 1.74 bits per heavy atom. The highest BCUT2D eigenvalue weighted by molar-refractivity contribution is 5.80. The molecule has 0 aromatic heterocycles. The zero-order valence-corrected chi connectivity index (χ0v) is 13.1. The standard InChI is InChI=1S/C17H22FN3O2/c18-14-3-1-12(2-4-14)15-7-10-21(15)16(22)11-20-8-5-13(6-9-20)17(19)23/h1-4,13,15H,5-11H2,(H2,19,23)/t15-/m0/s1. The third kappa shape index (κ3) is 3.52. The Morgan fingerprint density at radius 3 is 2.26 bits per heavy atom. The van der Waals surface area contributed by atoms with Crippen LogP contribution in [0.25, 0.3) is 0 Å². The van der Waals surface area contributed by atoms with Gasteiger partial charge in [-0.3, -0.25) is 14.5 Å². The summed E-state index contributed by atoms with van der Waals surface area (Å²) >= 11 is 0. The van der Waals surface area contributed by atoms with Crippen LogP contribution in [0.2, 0.25) is 0 Å². The highest BCUT2D eigenvalue weighted by Gasteiger charge is 2.34. The fraction of sp³-hybridized carbons (Fsp3) is 0.529. The van der Waals surface area contributed by atoms with Gasteiger partial charge in [0.25, 0.3) is 0 Å². The predicted octanol–water partition coefficient (Wildman–Crippen LogP) is 1.30. The molecule has 1 aromatic carbocycles. The quantitative estimate of drug-likeness (QED) is 0.909. The van der Waals surface area contributed by atoms with Crippen LogP contribution in [0.15, 0.2) is 24.3 Å². The lowest BCUT2D eigenvalue weighted by molar-refractivity contribution is -0.140. The molecule has 2 aliphatic rings. The monoisotopic (exact) mass is 319 g/mol. The summed E-state index contributed by atoms with van der Waals surface area (Å²) in [6.07, 6.45) is 2.37. The molecule has 3 rings (SSSR count). The number of likely N-dealkylation sites (tertiary alicyclic amines) is 2. The molecule has 2 N–H and O–H groups in total. The molecule has 124 valence electrons. The van der Waals surface area contributed by atoms with Crippen molar-refractivity contribution in [3.63, 3.8) is 0 Å². The van der Waals surface area contributed by atoms with E-state index in [1.165, 1.54) is 12.1 Å². The molecule has 2 aliphatic heterocycles. The van der Waals surface area contributed by atoms with Gasteiger partial charge in [0.15, 0.2) is 0 Å². The molecule has 1 atom stereocenters. The van der Waals surface area contributed by atoms with Gasteiger partial charge in [-0.2, -0.15) is 0 Å². The maximum atomic E-state index is 13.0. The highest BCUT2D eigenvalue weighted by atomic mass is 19.1. The molecule has 0 unspecified atom stereocenters. The summed E-state index contributed by atoms with van der Waals surface area (Å²) in [5.74, 6) is -0.459. The molecule has 23 heavy (non-hydrogen) atoms. The Kier molecular flexibility index (Phi) is 4.61. The van der Waals surface area contributed by atoms with Crippen molar-refractivity contribution in [3.8, 4) is 0 Å². The van der Waals surface area contributed by atoms with Gasteiger partial charge in [-0.25, -0.2) is 4.39 Å². The predicted molar refractivity (Wildman–Crippen MR) is 83.8 cm³/mol. The van der Waals surface area contributed by atoms with Gasteiger partial charge in [-0.15, -0.1) is 0 Å². The molecule has 0 spiro atoms. The van der Waals surface area contributed by atoms with Gasteiger partial charge < -0.3 is 10.6 Å². The number of amides is 2. The molecule has 1 aromatic rings. The summed E-state index contributed by atoms with van der Waals surface area (Å²) in [4.78, 5) is 27.6. The largest absolute Gasteiger partial charge is 0.369 e. The van der Waals surface area contributed by atoms with Crippen LogP contribution >= 0.6 is 0 Å². The summed E-state index contributed by atoms with van der Waals surface area (Å²) in [6, 6.07) is 6.43. The maximum Gasteiger partial charge on any atom is 0.237 e.